The fraction of sp³-hybridized carbons (Fsp3) is 0.750. The maximum absolute atomic E-state index is 6.15. The van der Waals surface area contributed by atoms with E-state index in [1.165, 1.54) is 0 Å². The number of likely N-dealkylation sites (N-methyl/N-ethyl adjacent to an activating group) is 1. The molecule has 3 rings (SSSR count). The van der Waals surface area contributed by atoms with Gasteiger partial charge in [-0.05, 0) is 25.9 Å². The van der Waals surface area contributed by atoms with Crippen LogP contribution in [0.1, 0.15) is 26.7 Å². The van der Waals surface area contributed by atoms with Gasteiger partial charge in [-0.15, -0.1) is 0 Å². The maximum atomic E-state index is 6.15. The summed E-state index contributed by atoms with van der Waals surface area (Å²) in [7, 11) is 1.64. The third-order valence-corrected chi connectivity index (χ3v) is 4.91. The van der Waals surface area contributed by atoms with Crippen LogP contribution >= 0.6 is 0 Å². The second kappa shape index (κ2) is 6.79. The second-order valence-corrected chi connectivity index (χ2v) is 5.90. The van der Waals surface area contributed by atoms with Gasteiger partial charge in [-0.3, -0.25) is 4.90 Å². The lowest BCUT2D eigenvalue weighted by atomic mass is 10.00. The number of rotatable bonds is 5. The van der Waals surface area contributed by atoms with E-state index in [-0.39, 0.29) is 6.10 Å². The standard InChI is InChI=1S/C16H26N4O2/c1-4-19(5-2)13-10-20(12-7-6-8-22-16(12)13)14-9-15(21-3)18-11-17-14/h9,11-13,16H,4-8,10H2,1-3H3/t12-,13-,16+/m0/s1. The Morgan fingerprint density at radius 1 is 1.36 bits per heavy atom. The summed E-state index contributed by atoms with van der Waals surface area (Å²) >= 11 is 0. The molecule has 2 saturated heterocycles. The molecular weight excluding hydrogens is 280 g/mol. The first kappa shape index (κ1) is 15.5. The van der Waals surface area contributed by atoms with Crippen molar-refractivity contribution >= 4 is 5.82 Å². The van der Waals surface area contributed by atoms with Gasteiger partial charge in [-0.1, -0.05) is 13.8 Å². The van der Waals surface area contributed by atoms with Gasteiger partial charge in [0.15, 0.2) is 0 Å². The van der Waals surface area contributed by atoms with Crippen LogP contribution in [0.5, 0.6) is 5.88 Å². The van der Waals surface area contributed by atoms with E-state index in [4.69, 9.17) is 9.47 Å². The monoisotopic (exact) mass is 306 g/mol. The van der Waals surface area contributed by atoms with Crippen LogP contribution in [0.3, 0.4) is 0 Å². The molecule has 0 aromatic carbocycles. The summed E-state index contributed by atoms with van der Waals surface area (Å²) in [5.41, 5.74) is 0. The fourth-order valence-corrected chi connectivity index (χ4v) is 3.81. The third kappa shape index (κ3) is 2.77. The van der Waals surface area contributed by atoms with Crippen LogP contribution in [0.2, 0.25) is 0 Å². The molecule has 0 bridgehead atoms. The Bertz CT molecular complexity index is 495. The number of nitrogens with zero attached hydrogens (tertiary/aromatic N) is 4. The highest BCUT2D eigenvalue weighted by molar-refractivity contribution is 5.45. The van der Waals surface area contributed by atoms with Crippen molar-refractivity contribution in [2.75, 3.05) is 38.3 Å². The van der Waals surface area contributed by atoms with Crippen LogP contribution in [0.25, 0.3) is 0 Å². The molecule has 0 N–H and O–H groups in total. The van der Waals surface area contributed by atoms with Crippen LogP contribution in [0.15, 0.2) is 12.4 Å². The van der Waals surface area contributed by atoms with E-state index in [1.807, 2.05) is 6.07 Å². The lowest BCUT2D eigenvalue weighted by Crippen LogP contribution is -2.47. The Labute approximate surface area is 132 Å². The van der Waals surface area contributed by atoms with E-state index in [0.29, 0.717) is 18.0 Å². The second-order valence-electron chi connectivity index (χ2n) is 5.90. The molecule has 122 valence electrons. The van der Waals surface area contributed by atoms with E-state index in [1.54, 1.807) is 13.4 Å². The van der Waals surface area contributed by atoms with E-state index >= 15 is 0 Å². The molecule has 1 aromatic rings. The molecule has 2 aliphatic rings. The largest absolute Gasteiger partial charge is 0.481 e. The van der Waals surface area contributed by atoms with Crippen LogP contribution < -0.4 is 9.64 Å². The molecule has 0 amide bonds. The van der Waals surface area contributed by atoms with E-state index in [2.05, 4.69) is 33.6 Å². The van der Waals surface area contributed by atoms with Gasteiger partial charge in [0.2, 0.25) is 5.88 Å². The Morgan fingerprint density at radius 3 is 2.91 bits per heavy atom. The molecule has 2 aliphatic heterocycles. The van der Waals surface area contributed by atoms with Gasteiger partial charge in [0.1, 0.15) is 12.1 Å². The molecule has 0 radical (unpaired) electrons. The van der Waals surface area contributed by atoms with Gasteiger partial charge >= 0.3 is 0 Å². The Hall–Kier alpha value is -1.40. The van der Waals surface area contributed by atoms with Crippen molar-refractivity contribution in [3.63, 3.8) is 0 Å². The summed E-state index contributed by atoms with van der Waals surface area (Å²) in [4.78, 5) is 13.5. The molecule has 0 aliphatic carbocycles. The number of methoxy groups -OCH3 is 1. The van der Waals surface area contributed by atoms with Gasteiger partial charge in [0, 0.05) is 19.2 Å². The Morgan fingerprint density at radius 2 is 2.18 bits per heavy atom. The van der Waals surface area contributed by atoms with Crippen LogP contribution in [-0.2, 0) is 4.74 Å². The molecule has 0 saturated carbocycles. The predicted molar refractivity (Wildman–Crippen MR) is 85.4 cm³/mol. The lowest BCUT2D eigenvalue weighted by Gasteiger charge is -2.35. The number of fused-ring (bicyclic) bond motifs is 1. The SMILES string of the molecule is CCN(CC)[C@H]1CN(c2cc(OC)ncn2)[C@H]2CCCO[C@@H]12. The highest BCUT2D eigenvalue weighted by Crippen LogP contribution is 2.34. The Kier molecular flexibility index (Phi) is 4.78. The molecular formula is C16H26N4O2. The molecule has 2 fully saturated rings. The van der Waals surface area contributed by atoms with Crippen LogP contribution in [0.4, 0.5) is 5.82 Å². The minimum Gasteiger partial charge on any atom is -0.481 e. The maximum Gasteiger partial charge on any atom is 0.218 e. The third-order valence-electron chi connectivity index (χ3n) is 4.91. The van der Waals surface area contributed by atoms with Crippen LogP contribution in [0, 0.1) is 0 Å². The number of ether oxygens (including phenoxy) is 2. The summed E-state index contributed by atoms with van der Waals surface area (Å²) in [6.07, 6.45) is 4.13. The summed E-state index contributed by atoms with van der Waals surface area (Å²) in [6.45, 7) is 8.37. The molecule has 3 atom stereocenters. The molecule has 3 heterocycles. The number of anilines is 1. The van der Waals surface area contributed by atoms with Gasteiger partial charge in [-0.2, -0.15) is 0 Å². The first-order chi connectivity index (χ1) is 10.8. The minimum atomic E-state index is 0.273. The highest BCUT2D eigenvalue weighted by Gasteiger charge is 2.46. The predicted octanol–water partition coefficient (Wildman–Crippen LogP) is 1.56. The molecule has 1 aromatic heterocycles. The quantitative estimate of drug-likeness (QED) is 0.823. The molecule has 0 spiro atoms. The summed E-state index contributed by atoms with van der Waals surface area (Å²) < 4.78 is 11.4. The number of hydrogen-bond acceptors (Lipinski definition) is 6. The van der Waals surface area contributed by atoms with Gasteiger partial charge in [-0.25, -0.2) is 9.97 Å². The van der Waals surface area contributed by atoms with Gasteiger partial charge in [0.25, 0.3) is 0 Å². The van der Waals surface area contributed by atoms with Crippen molar-refractivity contribution in [3.8, 4) is 5.88 Å². The summed E-state index contributed by atoms with van der Waals surface area (Å²) in [5.74, 6) is 1.56. The normalized spacial score (nSPS) is 28.0. The van der Waals surface area contributed by atoms with Crippen LogP contribution in [-0.4, -0.2) is 66.4 Å². The van der Waals surface area contributed by atoms with Gasteiger partial charge in [0.05, 0.1) is 25.3 Å². The number of hydrogen-bond donors (Lipinski definition) is 0. The zero-order chi connectivity index (χ0) is 15.5. The zero-order valence-electron chi connectivity index (χ0n) is 13.7. The lowest BCUT2D eigenvalue weighted by molar-refractivity contribution is -0.0264. The van der Waals surface area contributed by atoms with E-state index in [9.17, 15) is 0 Å². The van der Waals surface area contributed by atoms with E-state index in [0.717, 1.165) is 44.9 Å². The molecule has 0 unspecified atom stereocenters. The molecule has 6 heteroatoms. The molecule has 6 nitrogen and oxygen atoms in total. The summed E-state index contributed by atoms with van der Waals surface area (Å²) in [6, 6.07) is 2.76. The summed E-state index contributed by atoms with van der Waals surface area (Å²) in [5, 5.41) is 0. The van der Waals surface area contributed by atoms with Crippen molar-refractivity contribution in [2.45, 2.75) is 44.9 Å². The van der Waals surface area contributed by atoms with Crippen molar-refractivity contribution in [2.24, 2.45) is 0 Å². The first-order valence-electron chi connectivity index (χ1n) is 8.26. The first-order valence-corrected chi connectivity index (χ1v) is 8.26. The van der Waals surface area contributed by atoms with Crippen molar-refractivity contribution in [1.29, 1.82) is 0 Å². The average Bonchev–Trinajstić information content (AvgIpc) is 2.96. The Balaban J connectivity index is 1.87. The molecule has 22 heavy (non-hydrogen) atoms. The highest BCUT2D eigenvalue weighted by atomic mass is 16.5. The smallest absolute Gasteiger partial charge is 0.218 e. The van der Waals surface area contributed by atoms with Gasteiger partial charge < -0.3 is 14.4 Å². The van der Waals surface area contributed by atoms with Crippen molar-refractivity contribution < 1.29 is 9.47 Å². The van der Waals surface area contributed by atoms with E-state index < -0.39 is 0 Å². The zero-order valence-corrected chi connectivity index (χ0v) is 13.7. The fourth-order valence-electron chi connectivity index (χ4n) is 3.81. The topological polar surface area (TPSA) is 50.7 Å². The average molecular weight is 306 g/mol. The van der Waals surface area contributed by atoms with Crippen molar-refractivity contribution in [3.05, 3.63) is 12.4 Å². The number of aromatic nitrogens is 2. The minimum absolute atomic E-state index is 0.273. The van der Waals surface area contributed by atoms with Crippen molar-refractivity contribution in [1.82, 2.24) is 14.9 Å².